The number of rotatable bonds is 0. The summed E-state index contributed by atoms with van der Waals surface area (Å²) in [5.41, 5.74) is 9.24. The Labute approximate surface area is 129 Å². The maximum absolute atomic E-state index is 2.45. The second kappa shape index (κ2) is 5.33. The summed E-state index contributed by atoms with van der Waals surface area (Å²) in [5, 5.41) is 0. The Kier molecular flexibility index (Phi) is 3.65. The summed E-state index contributed by atoms with van der Waals surface area (Å²) in [6.45, 7) is 9.27. The zero-order valence-corrected chi connectivity index (χ0v) is 13.8. The van der Waals surface area contributed by atoms with Crippen LogP contribution in [0.4, 0.5) is 0 Å². The second-order valence-corrected chi connectivity index (χ2v) is 7.49. The highest BCUT2D eigenvalue weighted by Crippen LogP contribution is 2.29. The van der Waals surface area contributed by atoms with Crippen LogP contribution >= 0.6 is 0 Å². The third-order valence-corrected chi connectivity index (χ3v) is 4.88. The van der Waals surface area contributed by atoms with Crippen LogP contribution in [0.2, 0.25) is 0 Å². The van der Waals surface area contributed by atoms with E-state index < -0.39 is 0 Å². The summed E-state index contributed by atoms with van der Waals surface area (Å²) in [5.74, 6) is 0. The summed E-state index contributed by atoms with van der Waals surface area (Å²) in [4.78, 5) is 0. The van der Waals surface area contributed by atoms with Gasteiger partial charge < -0.3 is 0 Å². The Bertz CT molecular complexity index is 591. The van der Waals surface area contributed by atoms with E-state index in [1.165, 1.54) is 22.3 Å². The van der Waals surface area contributed by atoms with Gasteiger partial charge in [-0.2, -0.15) is 0 Å². The van der Waals surface area contributed by atoms with E-state index in [9.17, 15) is 0 Å². The minimum Gasteiger partial charge on any atom is -0.0588 e. The quantitative estimate of drug-likeness (QED) is 0.623. The van der Waals surface area contributed by atoms with Crippen LogP contribution in [0, 0.1) is 6.92 Å². The van der Waals surface area contributed by atoms with Gasteiger partial charge in [0.05, 0.1) is 0 Å². The van der Waals surface area contributed by atoms with E-state index in [-0.39, 0.29) is 5.41 Å². The lowest BCUT2D eigenvalue weighted by Crippen LogP contribution is -2.13. The molecule has 0 radical (unpaired) electrons. The van der Waals surface area contributed by atoms with Crippen molar-refractivity contribution in [3.05, 3.63) is 69.8 Å². The maximum atomic E-state index is 2.45. The lowest BCUT2D eigenvalue weighted by Gasteiger charge is -2.23. The molecule has 4 bridgehead atoms. The predicted octanol–water partition coefficient (Wildman–Crippen LogP) is 5.18. The first kappa shape index (κ1) is 14.4. The van der Waals surface area contributed by atoms with Crippen molar-refractivity contribution in [2.75, 3.05) is 0 Å². The van der Waals surface area contributed by atoms with E-state index in [1.807, 2.05) is 0 Å². The van der Waals surface area contributed by atoms with Crippen LogP contribution in [0.1, 0.15) is 54.2 Å². The van der Waals surface area contributed by atoms with Crippen LogP contribution in [-0.2, 0) is 31.1 Å². The van der Waals surface area contributed by atoms with Gasteiger partial charge in [0, 0.05) is 0 Å². The number of aryl methyl sites for hydroxylation is 4. The molecule has 0 saturated heterocycles. The van der Waals surface area contributed by atoms with E-state index in [2.05, 4.69) is 64.1 Å². The average Bonchev–Trinajstić information content (AvgIpc) is 2.47. The van der Waals surface area contributed by atoms with Crippen molar-refractivity contribution in [2.45, 2.75) is 58.8 Å². The molecule has 0 amide bonds. The van der Waals surface area contributed by atoms with Crippen LogP contribution in [0.25, 0.3) is 0 Å². The highest BCUT2D eigenvalue weighted by molar-refractivity contribution is 5.42. The Hall–Kier alpha value is -1.56. The van der Waals surface area contributed by atoms with Crippen molar-refractivity contribution >= 4 is 0 Å². The Morgan fingerprint density at radius 1 is 0.714 bits per heavy atom. The van der Waals surface area contributed by atoms with Gasteiger partial charge in [-0.15, -0.1) is 0 Å². The summed E-state index contributed by atoms with van der Waals surface area (Å²) in [6, 6.07) is 14.1. The molecule has 2 aromatic rings. The molecule has 0 saturated carbocycles. The van der Waals surface area contributed by atoms with Crippen LogP contribution in [0.5, 0.6) is 0 Å². The van der Waals surface area contributed by atoms with E-state index >= 15 is 0 Å². The number of hydrogen-bond acceptors (Lipinski definition) is 0. The molecular formula is C21H26. The average molecular weight is 278 g/mol. The maximum Gasteiger partial charge on any atom is -0.0132 e. The molecule has 0 aromatic heterocycles. The second-order valence-electron chi connectivity index (χ2n) is 7.49. The van der Waals surface area contributed by atoms with Gasteiger partial charge in [-0.05, 0) is 71.4 Å². The molecule has 2 aliphatic rings. The van der Waals surface area contributed by atoms with E-state index in [0.29, 0.717) is 0 Å². The molecule has 2 aromatic carbocycles. The first-order valence-corrected chi connectivity index (χ1v) is 8.14. The first-order valence-electron chi connectivity index (χ1n) is 8.14. The molecule has 0 heterocycles. The van der Waals surface area contributed by atoms with Gasteiger partial charge in [-0.1, -0.05) is 57.2 Å². The van der Waals surface area contributed by atoms with Gasteiger partial charge in [0.2, 0.25) is 0 Å². The van der Waals surface area contributed by atoms with Gasteiger partial charge in [0.25, 0.3) is 0 Å². The Morgan fingerprint density at radius 3 is 1.52 bits per heavy atom. The fraction of sp³-hybridized carbons (Fsp3) is 0.429. The van der Waals surface area contributed by atoms with Crippen molar-refractivity contribution in [3.63, 3.8) is 0 Å². The van der Waals surface area contributed by atoms with Gasteiger partial charge in [-0.25, -0.2) is 0 Å². The Morgan fingerprint density at radius 2 is 1.14 bits per heavy atom. The number of fused-ring (bicyclic) bond motifs is 4. The van der Waals surface area contributed by atoms with Crippen molar-refractivity contribution in [1.82, 2.24) is 0 Å². The van der Waals surface area contributed by atoms with E-state index in [4.69, 9.17) is 0 Å². The predicted molar refractivity (Wildman–Crippen MR) is 91.1 cm³/mol. The number of hydrogen-bond donors (Lipinski definition) is 0. The van der Waals surface area contributed by atoms with Crippen LogP contribution in [0.3, 0.4) is 0 Å². The third kappa shape index (κ3) is 3.05. The summed E-state index contributed by atoms with van der Waals surface area (Å²) in [6.07, 6.45) is 4.60. The largest absolute Gasteiger partial charge is 0.0588 e. The smallest absolute Gasteiger partial charge is 0.0132 e. The standard InChI is InChI=1S/C21H26/c1-15-18-11-9-16-5-6-17(8-7-16)10-12-19(15)14-20(13-18)21(2,3)4/h5-8,13-14H,9-12H2,1-4H3. The van der Waals surface area contributed by atoms with Gasteiger partial charge in [0.15, 0.2) is 0 Å². The molecule has 21 heavy (non-hydrogen) atoms. The van der Waals surface area contributed by atoms with Crippen molar-refractivity contribution < 1.29 is 0 Å². The summed E-state index contributed by atoms with van der Waals surface area (Å²) in [7, 11) is 0. The molecule has 0 heteroatoms. The monoisotopic (exact) mass is 278 g/mol. The van der Waals surface area contributed by atoms with Crippen LogP contribution in [-0.4, -0.2) is 0 Å². The summed E-state index contributed by atoms with van der Waals surface area (Å²) >= 11 is 0. The lowest BCUT2D eigenvalue weighted by atomic mass is 9.82. The van der Waals surface area contributed by atoms with Crippen LogP contribution in [0.15, 0.2) is 36.4 Å². The fourth-order valence-electron chi connectivity index (χ4n) is 3.22. The topological polar surface area (TPSA) is 0 Å². The normalized spacial score (nSPS) is 14.9. The molecule has 0 unspecified atom stereocenters. The van der Waals surface area contributed by atoms with E-state index in [0.717, 1.165) is 25.7 Å². The first-order chi connectivity index (χ1) is 9.93. The molecule has 4 rings (SSSR count). The molecule has 0 spiro atoms. The zero-order valence-electron chi connectivity index (χ0n) is 13.8. The molecule has 0 nitrogen and oxygen atoms in total. The van der Waals surface area contributed by atoms with Crippen molar-refractivity contribution in [2.24, 2.45) is 0 Å². The lowest BCUT2D eigenvalue weighted by molar-refractivity contribution is 0.587. The molecule has 0 fully saturated rings. The van der Waals surface area contributed by atoms with Gasteiger partial charge >= 0.3 is 0 Å². The highest BCUT2D eigenvalue weighted by Gasteiger charge is 2.18. The third-order valence-electron chi connectivity index (χ3n) is 4.88. The molecular weight excluding hydrogens is 252 g/mol. The van der Waals surface area contributed by atoms with Crippen molar-refractivity contribution in [1.29, 1.82) is 0 Å². The molecule has 0 atom stereocenters. The minimum atomic E-state index is 0.229. The highest BCUT2D eigenvalue weighted by atomic mass is 14.2. The molecule has 110 valence electrons. The fourth-order valence-corrected chi connectivity index (χ4v) is 3.22. The summed E-state index contributed by atoms with van der Waals surface area (Å²) < 4.78 is 0. The van der Waals surface area contributed by atoms with E-state index in [1.54, 1.807) is 11.1 Å². The number of benzene rings is 2. The molecule has 2 aliphatic carbocycles. The van der Waals surface area contributed by atoms with Crippen LogP contribution < -0.4 is 0 Å². The van der Waals surface area contributed by atoms with Gasteiger partial charge in [-0.3, -0.25) is 0 Å². The van der Waals surface area contributed by atoms with Gasteiger partial charge in [0.1, 0.15) is 0 Å². The molecule has 0 N–H and O–H groups in total. The van der Waals surface area contributed by atoms with Crippen molar-refractivity contribution in [3.8, 4) is 0 Å². The zero-order chi connectivity index (χ0) is 15.0. The minimum absolute atomic E-state index is 0.229. The SMILES string of the molecule is Cc1c2cc(C(C)(C)C)cc1CCc1ccc(cc1)CC2. The molecule has 0 aliphatic heterocycles. The Balaban J connectivity index is 2.08.